The summed E-state index contributed by atoms with van der Waals surface area (Å²) < 4.78 is 5.56. The highest BCUT2D eigenvalue weighted by Crippen LogP contribution is 2.30. The van der Waals surface area contributed by atoms with E-state index in [4.69, 9.17) is 4.74 Å². The molecule has 1 N–H and O–H groups in total. The SMILES string of the molecule is CCOc1ccccc1N(CC)[C@H](CC)C(=O)O. The van der Waals surface area contributed by atoms with Crippen LogP contribution in [0.3, 0.4) is 0 Å². The van der Waals surface area contributed by atoms with E-state index in [1.54, 1.807) is 0 Å². The minimum atomic E-state index is -0.800. The summed E-state index contributed by atoms with van der Waals surface area (Å²) in [6.07, 6.45) is 0.559. The van der Waals surface area contributed by atoms with Crippen LogP contribution >= 0.6 is 0 Å². The van der Waals surface area contributed by atoms with E-state index in [0.717, 1.165) is 11.4 Å². The van der Waals surface area contributed by atoms with Gasteiger partial charge < -0.3 is 14.7 Å². The standard InChI is InChI=1S/C14H21NO3/c1-4-11(14(16)17)15(5-2)12-9-7-8-10-13(12)18-6-3/h7-11H,4-6H2,1-3H3,(H,16,17)/t11-/m1/s1. The van der Waals surface area contributed by atoms with Crippen LogP contribution in [0.1, 0.15) is 27.2 Å². The first-order chi connectivity index (χ1) is 8.65. The van der Waals surface area contributed by atoms with Crippen molar-refractivity contribution < 1.29 is 14.6 Å². The van der Waals surface area contributed by atoms with E-state index in [-0.39, 0.29) is 0 Å². The summed E-state index contributed by atoms with van der Waals surface area (Å²) in [6, 6.07) is 7.05. The Bertz CT molecular complexity index is 392. The van der Waals surface area contributed by atoms with Crippen LogP contribution in [0.5, 0.6) is 5.75 Å². The number of aliphatic carboxylic acids is 1. The van der Waals surface area contributed by atoms with E-state index in [1.165, 1.54) is 0 Å². The zero-order chi connectivity index (χ0) is 13.5. The molecule has 0 heterocycles. The van der Waals surface area contributed by atoms with Gasteiger partial charge in [0.2, 0.25) is 0 Å². The maximum atomic E-state index is 11.3. The third-order valence-corrected chi connectivity index (χ3v) is 2.86. The van der Waals surface area contributed by atoms with E-state index in [9.17, 15) is 9.90 Å². The Morgan fingerprint density at radius 3 is 2.50 bits per heavy atom. The molecule has 18 heavy (non-hydrogen) atoms. The summed E-state index contributed by atoms with van der Waals surface area (Å²) in [6.45, 7) is 6.95. The monoisotopic (exact) mass is 251 g/mol. The van der Waals surface area contributed by atoms with Crippen molar-refractivity contribution in [2.24, 2.45) is 0 Å². The molecule has 1 aromatic carbocycles. The molecule has 1 atom stereocenters. The van der Waals surface area contributed by atoms with Crippen molar-refractivity contribution >= 4 is 11.7 Å². The smallest absolute Gasteiger partial charge is 0.326 e. The van der Waals surface area contributed by atoms with E-state index in [0.29, 0.717) is 19.6 Å². The van der Waals surface area contributed by atoms with Gasteiger partial charge in [0.05, 0.1) is 12.3 Å². The molecule has 0 unspecified atom stereocenters. The van der Waals surface area contributed by atoms with Crippen molar-refractivity contribution in [1.82, 2.24) is 0 Å². The van der Waals surface area contributed by atoms with Crippen molar-refractivity contribution in [3.8, 4) is 5.75 Å². The summed E-state index contributed by atoms with van der Waals surface area (Å²) in [4.78, 5) is 13.2. The predicted octanol–water partition coefficient (Wildman–Crippen LogP) is 2.77. The normalized spacial score (nSPS) is 11.9. The molecule has 100 valence electrons. The van der Waals surface area contributed by atoms with Crippen molar-refractivity contribution in [3.05, 3.63) is 24.3 Å². The third kappa shape index (κ3) is 3.15. The second kappa shape index (κ2) is 6.89. The molecule has 4 nitrogen and oxygen atoms in total. The number of carboxylic acids is 1. The summed E-state index contributed by atoms with van der Waals surface area (Å²) in [5, 5.41) is 9.27. The quantitative estimate of drug-likeness (QED) is 0.809. The van der Waals surface area contributed by atoms with Crippen molar-refractivity contribution in [2.75, 3.05) is 18.1 Å². The lowest BCUT2D eigenvalue weighted by molar-refractivity contribution is -0.138. The fourth-order valence-electron chi connectivity index (χ4n) is 2.06. The highest BCUT2D eigenvalue weighted by atomic mass is 16.5. The fraction of sp³-hybridized carbons (Fsp3) is 0.500. The lowest BCUT2D eigenvalue weighted by atomic mass is 10.1. The highest BCUT2D eigenvalue weighted by Gasteiger charge is 2.24. The van der Waals surface area contributed by atoms with E-state index in [2.05, 4.69) is 0 Å². The number of carbonyl (C=O) groups is 1. The number of likely N-dealkylation sites (N-methyl/N-ethyl adjacent to an activating group) is 1. The zero-order valence-electron chi connectivity index (χ0n) is 11.2. The van der Waals surface area contributed by atoms with E-state index < -0.39 is 12.0 Å². The second-order valence-electron chi connectivity index (χ2n) is 3.95. The molecule has 1 rings (SSSR count). The number of hydrogen-bond acceptors (Lipinski definition) is 3. The zero-order valence-corrected chi connectivity index (χ0v) is 11.2. The molecule has 0 radical (unpaired) electrons. The van der Waals surface area contributed by atoms with Gasteiger partial charge in [-0.2, -0.15) is 0 Å². The Hall–Kier alpha value is -1.71. The molecule has 0 saturated heterocycles. The Morgan fingerprint density at radius 1 is 1.33 bits per heavy atom. The highest BCUT2D eigenvalue weighted by molar-refractivity contribution is 5.79. The molecule has 0 spiro atoms. The van der Waals surface area contributed by atoms with Crippen molar-refractivity contribution in [2.45, 2.75) is 33.2 Å². The van der Waals surface area contributed by atoms with Gasteiger partial charge in [0, 0.05) is 6.54 Å². The Balaban J connectivity index is 3.11. The van der Waals surface area contributed by atoms with Gasteiger partial charge in [-0.05, 0) is 32.4 Å². The maximum absolute atomic E-state index is 11.3. The number of ether oxygens (including phenoxy) is 1. The van der Waals surface area contributed by atoms with E-state index >= 15 is 0 Å². The molecule has 4 heteroatoms. The lowest BCUT2D eigenvalue weighted by Gasteiger charge is -2.30. The summed E-state index contributed by atoms with van der Waals surface area (Å²) in [7, 11) is 0. The van der Waals surface area contributed by atoms with Gasteiger partial charge in [-0.15, -0.1) is 0 Å². The van der Waals surface area contributed by atoms with Crippen LogP contribution in [-0.4, -0.2) is 30.3 Å². The van der Waals surface area contributed by atoms with Crippen LogP contribution < -0.4 is 9.64 Å². The summed E-state index contributed by atoms with van der Waals surface area (Å²) >= 11 is 0. The van der Waals surface area contributed by atoms with Gasteiger partial charge in [0.15, 0.2) is 0 Å². The molecule has 0 aliphatic heterocycles. The van der Waals surface area contributed by atoms with Crippen molar-refractivity contribution in [3.63, 3.8) is 0 Å². The van der Waals surface area contributed by atoms with Crippen LogP contribution in [-0.2, 0) is 4.79 Å². The van der Waals surface area contributed by atoms with Crippen LogP contribution in [0, 0.1) is 0 Å². The predicted molar refractivity (Wildman–Crippen MR) is 72.3 cm³/mol. The van der Waals surface area contributed by atoms with Crippen LogP contribution in [0.15, 0.2) is 24.3 Å². The van der Waals surface area contributed by atoms with Gasteiger partial charge in [0.25, 0.3) is 0 Å². The maximum Gasteiger partial charge on any atom is 0.326 e. The average molecular weight is 251 g/mol. The molecule has 0 saturated carbocycles. The Morgan fingerprint density at radius 2 is 2.00 bits per heavy atom. The topological polar surface area (TPSA) is 49.8 Å². The molecule has 0 aliphatic rings. The van der Waals surface area contributed by atoms with E-state index in [1.807, 2.05) is 49.9 Å². The molecule has 0 aromatic heterocycles. The summed E-state index contributed by atoms with van der Waals surface area (Å²) in [5.41, 5.74) is 0.844. The van der Waals surface area contributed by atoms with Gasteiger partial charge in [0.1, 0.15) is 11.8 Å². The van der Waals surface area contributed by atoms with Gasteiger partial charge in [-0.1, -0.05) is 19.1 Å². The van der Waals surface area contributed by atoms with Gasteiger partial charge in [-0.25, -0.2) is 4.79 Å². The first-order valence-corrected chi connectivity index (χ1v) is 6.36. The number of para-hydroxylation sites is 2. The fourth-order valence-corrected chi connectivity index (χ4v) is 2.06. The first kappa shape index (κ1) is 14.4. The van der Waals surface area contributed by atoms with Crippen LogP contribution in [0.4, 0.5) is 5.69 Å². The average Bonchev–Trinajstić information content (AvgIpc) is 2.36. The van der Waals surface area contributed by atoms with Crippen LogP contribution in [0.2, 0.25) is 0 Å². The number of hydrogen-bond donors (Lipinski definition) is 1. The molecule has 1 aromatic rings. The number of anilines is 1. The number of nitrogens with zero attached hydrogens (tertiary/aromatic N) is 1. The molecule has 0 amide bonds. The molecule has 0 aliphatic carbocycles. The Kier molecular flexibility index (Phi) is 5.49. The lowest BCUT2D eigenvalue weighted by Crippen LogP contribution is -2.41. The third-order valence-electron chi connectivity index (χ3n) is 2.86. The van der Waals surface area contributed by atoms with Crippen LogP contribution in [0.25, 0.3) is 0 Å². The Labute approximate surface area is 108 Å². The molecular weight excluding hydrogens is 230 g/mol. The minimum absolute atomic E-state index is 0.517. The molecular formula is C14H21NO3. The first-order valence-electron chi connectivity index (χ1n) is 6.36. The molecule has 0 fully saturated rings. The largest absolute Gasteiger partial charge is 0.492 e. The number of carboxylic acid groups (broad SMARTS) is 1. The summed E-state index contributed by atoms with van der Waals surface area (Å²) in [5.74, 6) is -0.0628. The number of benzene rings is 1. The minimum Gasteiger partial charge on any atom is -0.492 e. The van der Waals surface area contributed by atoms with Gasteiger partial charge in [-0.3, -0.25) is 0 Å². The number of rotatable bonds is 7. The molecule has 0 bridgehead atoms. The second-order valence-corrected chi connectivity index (χ2v) is 3.95. The van der Waals surface area contributed by atoms with Crippen molar-refractivity contribution in [1.29, 1.82) is 0 Å². The van der Waals surface area contributed by atoms with Gasteiger partial charge >= 0.3 is 5.97 Å².